The molecule has 0 aliphatic carbocycles. The molecular weight excluding hydrogens is 348 g/mol. The van der Waals surface area contributed by atoms with Crippen molar-refractivity contribution in [2.75, 3.05) is 10.6 Å². The van der Waals surface area contributed by atoms with Crippen LogP contribution in [0.25, 0.3) is 0 Å². The minimum Gasteiger partial charge on any atom is -0.308 e. The second-order valence-corrected chi connectivity index (χ2v) is 6.72. The maximum Gasteiger partial charge on any atom is 0.323 e. The molecular formula is C20H21ClN4O. The SMILES string of the molecule is Cc1cccc(Cn2nc(C)c(NC(=O)Nc3cccc(Cl)c3)c2C)c1. The lowest BCUT2D eigenvalue weighted by molar-refractivity contribution is 0.262. The smallest absolute Gasteiger partial charge is 0.308 e. The molecule has 1 aromatic heterocycles. The van der Waals surface area contributed by atoms with Gasteiger partial charge in [0.2, 0.25) is 0 Å². The Morgan fingerprint density at radius 2 is 1.85 bits per heavy atom. The summed E-state index contributed by atoms with van der Waals surface area (Å²) in [5, 5.41) is 10.8. The summed E-state index contributed by atoms with van der Waals surface area (Å²) in [6.07, 6.45) is 0. The number of halogens is 1. The number of nitrogens with zero attached hydrogens (tertiary/aromatic N) is 2. The second kappa shape index (κ2) is 7.62. The number of nitrogens with one attached hydrogen (secondary N) is 2. The van der Waals surface area contributed by atoms with E-state index >= 15 is 0 Å². The second-order valence-electron chi connectivity index (χ2n) is 6.28. The van der Waals surface area contributed by atoms with Crippen molar-refractivity contribution >= 4 is 29.0 Å². The summed E-state index contributed by atoms with van der Waals surface area (Å²) in [6, 6.07) is 15.0. The van der Waals surface area contributed by atoms with Gasteiger partial charge in [0, 0.05) is 10.7 Å². The van der Waals surface area contributed by atoms with Crippen LogP contribution in [-0.4, -0.2) is 15.8 Å². The van der Waals surface area contributed by atoms with Crippen molar-refractivity contribution in [1.29, 1.82) is 0 Å². The quantitative estimate of drug-likeness (QED) is 0.668. The standard InChI is InChI=1S/C20H21ClN4O/c1-13-6-4-7-16(10-13)12-25-15(3)19(14(2)24-25)23-20(26)22-18-9-5-8-17(21)11-18/h4-11H,12H2,1-3H3,(H2,22,23,26). The summed E-state index contributed by atoms with van der Waals surface area (Å²) in [5.41, 5.74) is 5.42. The van der Waals surface area contributed by atoms with E-state index in [1.807, 2.05) is 24.6 Å². The van der Waals surface area contributed by atoms with Crippen LogP contribution >= 0.6 is 11.6 Å². The first-order valence-corrected chi connectivity index (χ1v) is 8.73. The van der Waals surface area contributed by atoms with Crippen LogP contribution in [0.1, 0.15) is 22.5 Å². The largest absolute Gasteiger partial charge is 0.323 e. The number of rotatable bonds is 4. The molecule has 0 atom stereocenters. The fourth-order valence-corrected chi connectivity index (χ4v) is 3.05. The summed E-state index contributed by atoms with van der Waals surface area (Å²) < 4.78 is 1.90. The summed E-state index contributed by atoms with van der Waals surface area (Å²) in [7, 11) is 0. The molecule has 2 N–H and O–H groups in total. The Hall–Kier alpha value is -2.79. The molecule has 0 aliphatic rings. The number of aryl methyl sites for hydroxylation is 2. The van der Waals surface area contributed by atoms with Crippen molar-refractivity contribution in [3.63, 3.8) is 0 Å². The van der Waals surface area contributed by atoms with E-state index in [9.17, 15) is 4.79 Å². The number of carbonyl (C=O) groups excluding carboxylic acids is 1. The molecule has 0 saturated heterocycles. The maximum atomic E-state index is 12.3. The number of benzene rings is 2. The minimum atomic E-state index is -0.325. The predicted molar refractivity (Wildman–Crippen MR) is 106 cm³/mol. The van der Waals surface area contributed by atoms with Crippen LogP contribution in [0.4, 0.5) is 16.2 Å². The molecule has 6 heteroatoms. The summed E-state index contributed by atoms with van der Waals surface area (Å²) in [5.74, 6) is 0. The number of hydrogen-bond acceptors (Lipinski definition) is 2. The molecule has 0 radical (unpaired) electrons. The number of aromatic nitrogens is 2. The van der Waals surface area contributed by atoms with Crippen molar-refractivity contribution < 1.29 is 4.79 Å². The third-order valence-corrected chi connectivity index (χ3v) is 4.35. The first-order chi connectivity index (χ1) is 12.4. The lowest BCUT2D eigenvalue weighted by Crippen LogP contribution is -2.20. The maximum absolute atomic E-state index is 12.3. The third-order valence-electron chi connectivity index (χ3n) is 4.12. The highest BCUT2D eigenvalue weighted by Crippen LogP contribution is 2.21. The number of amides is 2. The molecule has 3 rings (SSSR count). The predicted octanol–water partition coefficient (Wildman–Crippen LogP) is 5.15. The van der Waals surface area contributed by atoms with E-state index in [4.69, 9.17) is 11.6 Å². The Labute approximate surface area is 158 Å². The highest BCUT2D eigenvalue weighted by molar-refractivity contribution is 6.30. The number of anilines is 2. The van der Waals surface area contributed by atoms with E-state index in [0.717, 1.165) is 17.1 Å². The molecule has 0 aliphatic heterocycles. The van der Waals surface area contributed by atoms with Gasteiger partial charge in [-0.05, 0) is 44.5 Å². The monoisotopic (exact) mass is 368 g/mol. The zero-order valence-corrected chi connectivity index (χ0v) is 15.8. The normalized spacial score (nSPS) is 10.6. The fourth-order valence-electron chi connectivity index (χ4n) is 2.86. The van der Waals surface area contributed by atoms with Gasteiger partial charge in [0.1, 0.15) is 0 Å². The van der Waals surface area contributed by atoms with Crippen LogP contribution < -0.4 is 10.6 Å². The lowest BCUT2D eigenvalue weighted by atomic mass is 10.1. The Morgan fingerprint density at radius 1 is 1.08 bits per heavy atom. The third kappa shape index (κ3) is 4.24. The van der Waals surface area contributed by atoms with Crippen molar-refractivity contribution in [3.8, 4) is 0 Å². The average Bonchev–Trinajstić information content (AvgIpc) is 2.82. The summed E-state index contributed by atoms with van der Waals surface area (Å²) >= 11 is 5.95. The van der Waals surface area contributed by atoms with Crippen LogP contribution in [0, 0.1) is 20.8 Å². The lowest BCUT2D eigenvalue weighted by Gasteiger charge is -2.09. The van der Waals surface area contributed by atoms with E-state index < -0.39 is 0 Å². The topological polar surface area (TPSA) is 59.0 Å². The Balaban J connectivity index is 1.74. The van der Waals surface area contributed by atoms with Crippen LogP contribution in [0.2, 0.25) is 5.02 Å². The van der Waals surface area contributed by atoms with Gasteiger partial charge in [-0.15, -0.1) is 0 Å². The Morgan fingerprint density at radius 3 is 2.58 bits per heavy atom. The van der Waals surface area contributed by atoms with Crippen LogP contribution in [0.15, 0.2) is 48.5 Å². The minimum absolute atomic E-state index is 0.325. The highest BCUT2D eigenvalue weighted by Gasteiger charge is 2.14. The highest BCUT2D eigenvalue weighted by atomic mass is 35.5. The van der Waals surface area contributed by atoms with Gasteiger partial charge in [0.25, 0.3) is 0 Å². The zero-order chi connectivity index (χ0) is 18.7. The van der Waals surface area contributed by atoms with E-state index in [-0.39, 0.29) is 6.03 Å². The van der Waals surface area contributed by atoms with E-state index in [2.05, 4.69) is 40.9 Å². The van der Waals surface area contributed by atoms with Crippen molar-refractivity contribution in [2.45, 2.75) is 27.3 Å². The van der Waals surface area contributed by atoms with Gasteiger partial charge < -0.3 is 10.6 Å². The van der Waals surface area contributed by atoms with Gasteiger partial charge in [-0.25, -0.2) is 4.79 Å². The molecule has 3 aromatic rings. The van der Waals surface area contributed by atoms with Gasteiger partial charge in [-0.1, -0.05) is 47.5 Å². The van der Waals surface area contributed by atoms with E-state index in [1.54, 1.807) is 24.3 Å². The fraction of sp³-hybridized carbons (Fsp3) is 0.200. The molecule has 134 valence electrons. The van der Waals surface area contributed by atoms with Crippen LogP contribution in [-0.2, 0) is 6.54 Å². The van der Waals surface area contributed by atoms with Crippen LogP contribution in [0.3, 0.4) is 0 Å². The number of hydrogen-bond donors (Lipinski definition) is 2. The van der Waals surface area contributed by atoms with Gasteiger partial charge in [-0.3, -0.25) is 4.68 Å². The van der Waals surface area contributed by atoms with Gasteiger partial charge in [0.05, 0.1) is 23.6 Å². The molecule has 0 bridgehead atoms. The Kier molecular flexibility index (Phi) is 5.28. The molecule has 0 spiro atoms. The van der Waals surface area contributed by atoms with Crippen molar-refractivity contribution in [3.05, 3.63) is 76.1 Å². The average molecular weight is 369 g/mol. The molecule has 2 amide bonds. The molecule has 0 saturated carbocycles. The zero-order valence-electron chi connectivity index (χ0n) is 15.0. The van der Waals surface area contributed by atoms with E-state index in [0.29, 0.717) is 17.3 Å². The van der Waals surface area contributed by atoms with E-state index in [1.165, 1.54) is 11.1 Å². The molecule has 5 nitrogen and oxygen atoms in total. The van der Waals surface area contributed by atoms with Gasteiger partial charge in [-0.2, -0.15) is 5.10 Å². The van der Waals surface area contributed by atoms with Crippen LogP contribution in [0.5, 0.6) is 0 Å². The summed E-state index contributed by atoms with van der Waals surface area (Å²) in [4.78, 5) is 12.3. The Bertz CT molecular complexity index is 949. The first kappa shape index (κ1) is 18.0. The molecule has 0 fully saturated rings. The van der Waals surface area contributed by atoms with Gasteiger partial charge in [0.15, 0.2) is 0 Å². The number of urea groups is 1. The first-order valence-electron chi connectivity index (χ1n) is 8.35. The van der Waals surface area contributed by atoms with Crippen molar-refractivity contribution in [1.82, 2.24) is 9.78 Å². The molecule has 26 heavy (non-hydrogen) atoms. The molecule has 0 unspecified atom stereocenters. The van der Waals surface area contributed by atoms with Crippen molar-refractivity contribution in [2.24, 2.45) is 0 Å². The molecule has 1 heterocycles. The summed E-state index contributed by atoms with van der Waals surface area (Å²) in [6.45, 7) is 6.56. The number of carbonyl (C=O) groups is 1. The van der Waals surface area contributed by atoms with Gasteiger partial charge >= 0.3 is 6.03 Å². The molecule has 2 aromatic carbocycles.